The van der Waals surface area contributed by atoms with Gasteiger partial charge in [0.2, 0.25) is 5.91 Å². The number of anilines is 1. The summed E-state index contributed by atoms with van der Waals surface area (Å²) >= 11 is 0. The third-order valence-electron chi connectivity index (χ3n) is 5.65. The van der Waals surface area contributed by atoms with Crippen LogP contribution in [0.4, 0.5) is 5.82 Å². The second kappa shape index (κ2) is 8.35. The molecule has 1 aliphatic heterocycles. The van der Waals surface area contributed by atoms with Crippen molar-refractivity contribution in [1.29, 1.82) is 0 Å². The molecule has 0 bridgehead atoms. The van der Waals surface area contributed by atoms with Crippen LogP contribution in [-0.2, 0) is 18.4 Å². The molecule has 1 unspecified atom stereocenters. The molecule has 0 radical (unpaired) electrons. The van der Waals surface area contributed by atoms with Crippen LogP contribution in [0.1, 0.15) is 68.3 Å². The minimum absolute atomic E-state index is 0.0104. The molecule has 0 fully saturated rings. The first-order valence-electron chi connectivity index (χ1n) is 10.1. The van der Waals surface area contributed by atoms with Gasteiger partial charge in [-0.25, -0.2) is 0 Å². The monoisotopic (exact) mass is 384 g/mol. The Balaban J connectivity index is 2.08. The van der Waals surface area contributed by atoms with E-state index in [1.165, 1.54) is 0 Å². The normalized spacial score (nSPS) is 16.4. The van der Waals surface area contributed by atoms with Crippen LogP contribution in [0.5, 0.6) is 5.75 Å². The van der Waals surface area contributed by atoms with Gasteiger partial charge in [-0.3, -0.25) is 14.4 Å². The number of aromatic nitrogens is 2. The fraction of sp³-hybridized carbons (Fsp3) is 0.545. The summed E-state index contributed by atoms with van der Waals surface area (Å²) in [6, 6.07) is 6.34. The fourth-order valence-corrected chi connectivity index (χ4v) is 4.06. The second-order valence-electron chi connectivity index (χ2n) is 7.76. The van der Waals surface area contributed by atoms with Crippen LogP contribution < -0.4 is 10.1 Å². The highest BCUT2D eigenvalue weighted by molar-refractivity contribution is 5.94. The molecular formula is C22H32N4O2. The van der Waals surface area contributed by atoms with Gasteiger partial charge in [-0.2, -0.15) is 5.10 Å². The first kappa shape index (κ1) is 20.4. The number of hydrogen-bond acceptors (Lipinski definition) is 4. The zero-order valence-electron chi connectivity index (χ0n) is 17.9. The lowest BCUT2D eigenvalue weighted by molar-refractivity contribution is -0.116. The number of nitrogens with zero attached hydrogens (tertiary/aromatic N) is 3. The average Bonchev–Trinajstić information content (AvgIpc) is 3.02. The summed E-state index contributed by atoms with van der Waals surface area (Å²) in [6.45, 7) is 11.4. The maximum absolute atomic E-state index is 12.4. The number of methoxy groups -OCH3 is 1. The molecule has 1 aliphatic rings. The minimum atomic E-state index is 0.0104. The van der Waals surface area contributed by atoms with E-state index in [4.69, 9.17) is 9.84 Å². The summed E-state index contributed by atoms with van der Waals surface area (Å²) in [5, 5.41) is 7.72. The van der Waals surface area contributed by atoms with E-state index in [2.05, 4.69) is 50.0 Å². The number of carbonyl (C=O) groups excluding carboxylic acids is 1. The van der Waals surface area contributed by atoms with Crippen LogP contribution in [0, 0.1) is 0 Å². The van der Waals surface area contributed by atoms with Gasteiger partial charge in [0.05, 0.1) is 12.8 Å². The highest BCUT2D eigenvalue weighted by Gasteiger charge is 2.33. The van der Waals surface area contributed by atoms with E-state index < -0.39 is 0 Å². The van der Waals surface area contributed by atoms with Crippen molar-refractivity contribution in [3.63, 3.8) is 0 Å². The maximum atomic E-state index is 12.4. The van der Waals surface area contributed by atoms with Crippen molar-refractivity contribution in [3.8, 4) is 5.75 Å². The summed E-state index contributed by atoms with van der Waals surface area (Å²) in [5.74, 6) is 2.06. The van der Waals surface area contributed by atoms with Gasteiger partial charge in [-0.1, -0.05) is 39.8 Å². The van der Waals surface area contributed by atoms with Crippen molar-refractivity contribution in [2.75, 3.05) is 25.5 Å². The van der Waals surface area contributed by atoms with Crippen LogP contribution in [0.3, 0.4) is 0 Å². The van der Waals surface area contributed by atoms with Crippen LogP contribution in [-0.4, -0.2) is 40.8 Å². The largest absolute Gasteiger partial charge is 0.496 e. The number of nitrogens with one attached hydrogen (secondary N) is 1. The SMILES string of the molecule is CCN(CC)Cc1cc(C2CC(=O)Nc3c2c(C(C)C)nn3C)ccc1OC. The van der Waals surface area contributed by atoms with Gasteiger partial charge < -0.3 is 10.1 Å². The zero-order chi connectivity index (χ0) is 20.4. The molecule has 0 spiro atoms. The molecule has 2 heterocycles. The van der Waals surface area contributed by atoms with Crippen molar-refractivity contribution >= 4 is 11.7 Å². The van der Waals surface area contributed by atoms with E-state index in [-0.39, 0.29) is 11.8 Å². The number of ether oxygens (including phenoxy) is 1. The molecule has 1 atom stereocenters. The van der Waals surface area contributed by atoms with Crippen molar-refractivity contribution in [2.24, 2.45) is 7.05 Å². The molecule has 1 aromatic carbocycles. The Morgan fingerprint density at radius 1 is 1.32 bits per heavy atom. The first-order valence-corrected chi connectivity index (χ1v) is 10.1. The van der Waals surface area contributed by atoms with E-state index >= 15 is 0 Å². The van der Waals surface area contributed by atoms with Gasteiger partial charge >= 0.3 is 0 Å². The Labute approximate surface area is 167 Å². The highest BCUT2D eigenvalue weighted by atomic mass is 16.5. The Hall–Kier alpha value is -2.34. The number of amides is 1. The highest BCUT2D eigenvalue weighted by Crippen LogP contribution is 2.42. The third kappa shape index (κ3) is 3.78. The lowest BCUT2D eigenvalue weighted by Gasteiger charge is -2.26. The number of benzene rings is 1. The van der Waals surface area contributed by atoms with Gasteiger partial charge in [-0.15, -0.1) is 0 Å². The Morgan fingerprint density at radius 3 is 2.64 bits per heavy atom. The summed E-state index contributed by atoms with van der Waals surface area (Å²) < 4.78 is 7.41. The molecule has 3 rings (SSSR count). The fourth-order valence-electron chi connectivity index (χ4n) is 4.06. The molecule has 0 saturated heterocycles. The summed E-state index contributed by atoms with van der Waals surface area (Å²) in [5.41, 5.74) is 4.51. The molecule has 0 saturated carbocycles. The Morgan fingerprint density at radius 2 is 2.04 bits per heavy atom. The van der Waals surface area contributed by atoms with Crippen LogP contribution >= 0.6 is 0 Å². The molecule has 1 N–H and O–H groups in total. The number of hydrogen-bond donors (Lipinski definition) is 1. The molecule has 6 heteroatoms. The lowest BCUT2D eigenvalue weighted by Crippen LogP contribution is -2.25. The molecule has 6 nitrogen and oxygen atoms in total. The summed E-state index contributed by atoms with van der Waals surface area (Å²) in [6.07, 6.45) is 0.440. The Kier molecular flexibility index (Phi) is 6.08. The van der Waals surface area contributed by atoms with E-state index in [0.29, 0.717) is 12.3 Å². The Bertz CT molecular complexity index is 852. The van der Waals surface area contributed by atoms with Gasteiger partial charge in [0, 0.05) is 37.1 Å². The molecule has 152 valence electrons. The van der Waals surface area contributed by atoms with Crippen molar-refractivity contribution in [2.45, 2.75) is 52.5 Å². The van der Waals surface area contributed by atoms with E-state index in [1.807, 2.05) is 13.1 Å². The van der Waals surface area contributed by atoms with Gasteiger partial charge in [0.15, 0.2) is 0 Å². The van der Waals surface area contributed by atoms with Crippen molar-refractivity contribution in [3.05, 3.63) is 40.6 Å². The molecule has 2 aromatic rings. The van der Waals surface area contributed by atoms with E-state index in [1.54, 1.807) is 11.8 Å². The number of fused-ring (bicyclic) bond motifs is 1. The lowest BCUT2D eigenvalue weighted by atomic mass is 9.83. The average molecular weight is 385 g/mol. The number of rotatable bonds is 7. The van der Waals surface area contributed by atoms with Crippen LogP contribution in [0.2, 0.25) is 0 Å². The molecule has 1 aromatic heterocycles. The molecule has 28 heavy (non-hydrogen) atoms. The second-order valence-corrected chi connectivity index (χ2v) is 7.76. The van der Waals surface area contributed by atoms with Crippen LogP contribution in [0.25, 0.3) is 0 Å². The van der Waals surface area contributed by atoms with Crippen molar-refractivity contribution in [1.82, 2.24) is 14.7 Å². The van der Waals surface area contributed by atoms with E-state index in [9.17, 15) is 4.79 Å². The van der Waals surface area contributed by atoms with Gasteiger partial charge in [0.1, 0.15) is 11.6 Å². The smallest absolute Gasteiger partial charge is 0.226 e. The molecule has 0 aliphatic carbocycles. The van der Waals surface area contributed by atoms with Gasteiger partial charge in [-0.05, 0) is 30.6 Å². The number of carbonyl (C=O) groups is 1. The molecule has 1 amide bonds. The number of aryl methyl sites for hydroxylation is 1. The molecular weight excluding hydrogens is 352 g/mol. The summed E-state index contributed by atoms with van der Waals surface area (Å²) in [7, 11) is 3.61. The topological polar surface area (TPSA) is 59.4 Å². The third-order valence-corrected chi connectivity index (χ3v) is 5.65. The summed E-state index contributed by atoms with van der Waals surface area (Å²) in [4.78, 5) is 14.8. The standard InChI is InChI=1S/C22H32N4O2/c1-7-26(8-2)13-16-11-15(9-10-18(16)28-6)17-12-19(27)23-22-20(17)21(14(3)4)24-25(22)5/h9-11,14,17H,7-8,12-13H2,1-6H3,(H,23,27). The quantitative estimate of drug-likeness (QED) is 0.787. The predicted octanol–water partition coefficient (Wildman–Crippen LogP) is 3.87. The predicted molar refractivity (Wildman–Crippen MR) is 112 cm³/mol. The zero-order valence-corrected chi connectivity index (χ0v) is 17.9. The maximum Gasteiger partial charge on any atom is 0.226 e. The van der Waals surface area contributed by atoms with Crippen molar-refractivity contribution < 1.29 is 9.53 Å². The van der Waals surface area contributed by atoms with Crippen LogP contribution in [0.15, 0.2) is 18.2 Å². The minimum Gasteiger partial charge on any atom is -0.496 e. The van der Waals surface area contributed by atoms with Gasteiger partial charge in [0.25, 0.3) is 0 Å². The first-order chi connectivity index (χ1) is 13.4. The van der Waals surface area contributed by atoms with E-state index in [0.717, 1.165) is 53.6 Å².